The second-order valence-corrected chi connectivity index (χ2v) is 20.4. The van der Waals surface area contributed by atoms with Crippen LogP contribution in [-0.2, 0) is 43.1 Å². The number of rotatable bonds is 11. The number of carbonyl (C=O) groups is 2. The summed E-state index contributed by atoms with van der Waals surface area (Å²) in [6.07, 6.45) is -4.07. The average Bonchev–Trinajstić information content (AvgIpc) is 3.45. The van der Waals surface area contributed by atoms with E-state index in [1.165, 1.54) is 70.3 Å². The van der Waals surface area contributed by atoms with E-state index in [1.54, 1.807) is 26.0 Å². The van der Waals surface area contributed by atoms with E-state index in [1.807, 2.05) is 78.9 Å². The maximum absolute atomic E-state index is 12.9. The van der Waals surface area contributed by atoms with Gasteiger partial charge in [-0.15, -0.1) is 0 Å². The Kier molecular flexibility index (Phi) is 17.7. The van der Waals surface area contributed by atoms with Gasteiger partial charge < -0.3 is 13.8 Å². The highest BCUT2D eigenvalue weighted by molar-refractivity contribution is 7.53. The number of aldehydes is 2. The summed E-state index contributed by atoms with van der Waals surface area (Å²) >= 11 is 0. The Balaban J connectivity index is 0.000000174. The molecule has 0 spiro atoms. The number of hydrogen-bond acceptors (Lipinski definition) is 5. The highest BCUT2D eigenvalue weighted by Gasteiger charge is 2.32. The van der Waals surface area contributed by atoms with Crippen LogP contribution in [0.2, 0.25) is 0 Å². The molecule has 11 rings (SSSR count). The molecule has 0 amide bonds. The summed E-state index contributed by atoms with van der Waals surface area (Å²) in [5.74, 6) is 0. The summed E-state index contributed by atoms with van der Waals surface area (Å²) in [6.45, 7) is 5.24. The summed E-state index contributed by atoms with van der Waals surface area (Å²) in [7, 11) is -3.28. The average molecular weight is 1110 g/mol. The predicted molar refractivity (Wildman–Crippen MR) is 304 cm³/mol. The Bertz CT molecular complexity index is 3870. The molecule has 80 heavy (non-hydrogen) atoms. The molecule has 0 N–H and O–H groups in total. The highest BCUT2D eigenvalue weighted by atomic mass is 31.2. The minimum atomic E-state index is -4.37. The second kappa shape index (κ2) is 24.5. The third-order valence-electron chi connectivity index (χ3n) is 13.1. The first-order chi connectivity index (χ1) is 38.2. The molecule has 0 aliphatic heterocycles. The molecule has 0 saturated heterocycles. The minimum Gasteiger partial charge on any atom is -0.309 e. The molecule has 0 bridgehead atoms. The van der Waals surface area contributed by atoms with Gasteiger partial charge in [0, 0.05) is 5.56 Å². The number of hydrogen-bond donors (Lipinski definition) is 0. The highest BCUT2D eigenvalue weighted by Crippen LogP contribution is 2.51. The summed E-state index contributed by atoms with van der Waals surface area (Å²) in [6, 6.07) is 49.4. The van der Waals surface area contributed by atoms with Crippen LogP contribution < -0.4 is 0 Å². The van der Waals surface area contributed by atoms with Gasteiger partial charge in [-0.25, -0.2) is 0 Å². The standard InChI is InChI=1S/C34H20F6.C17H10O.C12H16F3O3P.C2H4O/c35-33(36,37)27-15-3-21(4-16-27)1-7-23-9-11-25-14-20-30-24(10-12-26-13-19-29(23)31(25)32(26)30)8-2-22-5-17-28(18-6-22)34(38,39)40;18-10-14-7-6-13-5-4-11-2-1-3-12-8-9-15(14)17(13)16(11)12;1-3-17-19(16,18-4-2)9-10-5-7-11(8-6-10)12(13,14)15;1-2-3/h1-20H;1-10H;5-8H,3-4,9H2,1-2H3;2H,1H3/b7-1+,8-2+;;;. The Morgan fingerprint density at radius 2 is 0.713 bits per heavy atom. The molecule has 0 aliphatic carbocycles. The molecule has 0 unspecified atom stereocenters. The Morgan fingerprint density at radius 3 is 1.07 bits per heavy atom. The van der Waals surface area contributed by atoms with Crippen LogP contribution in [0.5, 0.6) is 0 Å². The van der Waals surface area contributed by atoms with Crippen LogP contribution in [0.1, 0.15) is 75.6 Å². The fraction of sp³-hybridized carbons (Fsp3) is 0.138. The molecule has 11 aromatic carbocycles. The smallest absolute Gasteiger partial charge is 0.309 e. The van der Waals surface area contributed by atoms with Crippen molar-refractivity contribution in [2.24, 2.45) is 0 Å². The Hall–Kier alpha value is -8.16. The molecule has 0 heterocycles. The topological polar surface area (TPSA) is 69.7 Å². The molecule has 5 nitrogen and oxygen atoms in total. The van der Waals surface area contributed by atoms with Gasteiger partial charge in [-0.2, -0.15) is 39.5 Å². The van der Waals surface area contributed by atoms with E-state index in [0.717, 1.165) is 103 Å². The van der Waals surface area contributed by atoms with E-state index in [4.69, 9.17) is 13.8 Å². The van der Waals surface area contributed by atoms with Gasteiger partial charge in [0.05, 0.1) is 36.1 Å². The maximum Gasteiger partial charge on any atom is 0.416 e. The van der Waals surface area contributed by atoms with Gasteiger partial charge in [-0.1, -0.05) is 164 Å². The summed E-state index contributed by atoms with van der Waals surface area (Å²) in [5, 5.41) is 13.5. The van der Waals surface area contributed by atoms with Crippen molar-refractivity contribution in [3.63, 3.8) is 0 Å². The predicted octanol–water partition coefficient (Wildman–Crippen LogP) is 20.0. The van der Waals surface area contributed by atoms with Crippen LogP contribution >= 0.6 is 7.60 Å². The van der Waals surface area contributed by atoms with Crippen molar-refractivity contribution in [2.75, 3.05) is 13.2 Å². The SMILES string of the molecule is CC=O.CCOP(=O)(Cc1ccc(C(F)(F)F)cc1)OCC.FC(F)(F)c1ccc(/C=C/c2ccc3ccc4c(/C=C/c5ccc(C(F)(F)F)cc5)ccc5ccc2c3c54)cc1.O=Cc1ccc2ccc3cccc4ccc1c2c34. The largest absolute Gasteiger partial charge is 0.416 e. The first kappa shape index (κ1) is 58.0. The molecule has 0 atom stereocenters. The number of carbonyl (C=O) groups excluding carboxylic acids is 2. The van der Waals surface area contributed by atoms with Crippen molar-refractivity contribution in [2.45, 2.75) is 45.5 Å². The van der Waals surface area contributed by atoms with E-state index in [9.17, 15) is 48.9 Å². The maximum atomic E-state index is 12.9. The lowest BCUT2D eigenvalue weighted by atomic mass is 9.89. The van der Waals surface area contributed by atoms with Crippen LogP contribution in [0.4, 0.5) is 39.5 Å². The second-order valence-electron chi connectivity index (χ2n) is 18.3. The zero-order valence-electron chi connectivity index (χ0n) is 43.2. The molecule has 11 aromatic rings. The molecule has 0 fully saturated rings. The summed E-state index contributed by atoms with van der Waals surface area (Å²) < 4.78 is 137. The van der Waals surface area contributed by atoms with Gasteiger partial charge in [0.15, 0.2) is 6.29 Å². The molecule has 0 aromatic heterocycles. The lowest BCUT2D eigenvalue weighted by Gasteiger charge is -2.17. The fourth-order valence-electron chi connectivity index (χ4n) is 9.48. The third-order valence-corrected chi connectivity index (χ3v) is 15.2. The molecule has 0 aliphatic rings. The molecular weight excluding hydrogens is 1060 g/mol. The molecule has 15 heteroatoms. The molecular formula is C65H50F9O5P. The number of halogens is 9. The Morgan fingerprint density at radius 1 is 0.400 bits per heavy atom. The zero-order chi connectivity index (χ0) is 57.4. The first-order valence-corrected chi connectivity index (χ1v) is 26.9. The monoisotopic (exact) mass is 1110 g/mol. The summed E-state index contributed by atoms with van der Waals surface area (Å²) in [5.41, 5.74) is 2.34. The zero-order valence-corrected chi connectivity index (χ0v) is 44.1. The Labute approximate surface area is 454 Å². The lowest BCUT2D eigenvalue weighted by molar-refractivity contribution is -0.138. The van der Waals surface area contributed by atoms with Gasteiger partial charge in [0.25, 0.3) is 0 Å². The van der Waals surface area contributed by atoms with Crippen molar-refractivity contribution in [1.82, 2.24) is 0 Å². The van der Waals surface area contributed by atoms with E-state index in [0.29, 0.717) is 16.7 Å². The van der Waals surface area contributed by atoms with Crippen molar-refractivity contribution in [3.05, 3.63) is 226 Å². The van der Waals surface area contributed by atoms with Gasteiger partial charge in [0.1, 0.15) is 6.29 Å². The van der Waals surface area contributed by atoms with E-state index < -0.39 is 42.8 Å². The van der Waals surface area contributed by atoms with Crippen molar-refractivity contribution < 1.29 is 62.7 Å². The van der Waals surface area contributed by atoms with Gasteiger partial charge in [0.2, 0.25) is 0 Å². The van der Waals surface area contributed by atoms with Gasteiger partial charge in [-0.05, 0) is 150 Å². The quantitative estimate of drug-likeness (QED) is 0.0424. The van der Waals surface area contributed by atoms with Crippen LogP contribution in [-0.4, -0.2) is 25.8 Å². The van der Waals surface area contributed by atoms with Crippen molar-refractivity contribution in [1.29, 1.82) is 0 Å². The lowest BCUT2D eigenvalue weighted by Crippen LogP contribution is -2.05. The van der Waals surface area contributed by atoms with Crippen LogP contribution in [0.3, 0.4) is 0 Å². The van der Waals surface area contributed by atoms with Crippen molar-refractivity contribution in [3.8, 4) is 0 Å². The van der Waals surface area contributed by atoms with Crippen LogP contribution in [0.25, 0.3) is 88.9 Å². The van der Waals surface area contributed by atoms with E-state index >= 15 is 0 Å². The van der Waals surface area contributed by atoms with E-state index in [2.05, 4.69) is 36.4 Å². The molecule has 0 saturated carbocycles. The van der Waals surface area contributed by atoms with Crippen molar-refractivity contribution >= 4 is 109 Å². The molecule has 0 radical (unpaired) electrons. The number of alkyl halides is 9. The number of benzene rings is 11. The van der Waals surface area contributed by atoms with Gasteiger partial charge >= 0.3 is 26.1 Å². The minimum absolute atomic E-state index is 0.0349. The molecule has 408 valence electrons. The van der Waals surface area contributed by atoms with Crippen LogP contribution in [0.15, 0.2) is 176 Å². The fourth-order valence-corrected chi connectivity index (χ4v) is 11.2. The first-order valence-electron chi connectivity index (χ1n) is 25.2. The van der Waals surface area contributed by atoms with Crippen LogP contribution in [0, 0.1) is 0 Å². The third kappa shape index (κ3) is 13.3. The van der Waals surface area contributed by atoms with E-state index in [-0.39, 0.29) is 19.4 Å². The summed E-state index contributed by atoms with van der Waals surface area (Å²) in [4.78, 5) is 20.0. The van der Waals surface area contributed by atoms with Gasteiger partial charge in [-0.3, -0.25) is 9.36 Å². The normalized spacial score (nSPS) is 12.3.